The number of benzene rings is 2. The van der Waals surface area contributed by atoms with Crippen LogP contribution in [-0.2, 0) is 0 Å². The predicted octanol–water partition coefficient (Wildman–Crippen LogP) is 4.46. The van der Waals surface area contributed by atoms with Gasteiger partial charge in [0.25, 0.3) is 0 Å². The van der Waals surface area contributed by atoms with E-state index in [0.717, 1.165) is 6.07 Å². The zero-order chi connectivity index (χ0) is 15.7. The molecule has 0 fully saturated rings. The summed E-state index contributed by atoms with van der Waals surface area (Å²) < 4.78 is 27.3. The number of Topliss-reactive ketones (excluding diaryl/α,β-unsaturated/α-hetero) is 1. The summed E-state index contributed by atoms with van der Waals surface area (Å²) in [5.41, 5.74) is 1.64. The first-order valence-corrected chi connectivity index (χ1v) is 6.67. The van der Waals surface area contributed by atoms with Gasteiger partial charge in [-0.25, -0.2) is 8.78 Å². The molecular weight excluding hydrogens is 286 g/mol. The summed E-state index contributed by atoms with van der Waals surface area (Å²) >= 11 is 0. The molecular formula is C17H12F2N2O. The lowest BCUT2D eigenvalue weighted by molar-refractivity contribution is 0.101. The number of aromatic nitrogens is 1. The molecule has 0 atom stereocenters. The zero-order valence-corrected chi connectivity index (χ0v) is 11.7. The maximum atomic E-state index is 13.8. The average molecular weight is 298 g/mol. The number of para-hydroxylation sites is 1. The van der Waals surface area contributed by atoms with E-state index in [2.05, 4.69) is 10.3 Å². The quantitative estimate of drug-likeness (QED) is 0.726. The van der Waals surface area contributed by atoms with Crippen LogP contribution in [0.15, 0.2) is 48.7 Å². The predicted molar refractivity (Wildman–Crippen MR) is 81.4 cm³/mol. The second kappa shape index (κ2) is 5.52. The van der Waals surface area contributed by atoms with Crippen molar-refractivity contribution < 1.29 is 13.6 Å². The van der Waals surface area contributed by atoms with Gasteiger partial charge in [-0.15, -0.1) is 0 Å². The van der Waals surface area contributed by atoms with Crippen LogP contribution in [0.5, 0.6) is 0 Å². The summed E-state index contributed by atoms with van der Waals surface area (Å²) in [7, 11) is 0. The van der Waals surface area contributed by atoms with Crippen LogP contribution in [-0.4, -0.2) is 10.8 Å². The fourth-order valence-corrected chi connectivity index (χ4v) is 2.33. The van der Waals surface area contributed by atoms with Gasteiger partial charge in [0, 0.05) is 34.6 Å². The molecule has 0 aliphatic heterocycles. The Labute approximate surface area is 125 Å². The van der Waals surface area contributed by atoms with E-state index in [9.17, 15) is 13.6 Å². The lowest BCUT2D eigenvalue weighted by Crippen LogP contribution is -2.01. The number of fused-ring (bicyclic) bond motifs is 1. The van der Waals surface area contributed by atoms with Gasteiger partial charge in [-0.1, -0.05) is 12.1 Å². The van der Waals surface area contributed by atoms with Gasteiger partial charge in [0.1, 0.15) is 11.3 Å². The number of pyridine rings is 1. The molecule has 0 unspecified atom stereocenters. The number of rotatable bonds is 3. The Morgan fingerprint density at radius 1 is 1.09 bits per heavy atom. The van der Waals surface area contributed by atoms with Gasteiger partial charge in [0.05, 0.1) is 0 Å². The number of ketones is 1. The molecule has 0 aliphatic rings. The minimum atomic E-state index is -0.724. The summed E-state index contributed by atoms with van der Waals surface area (Å²) in [5.74, 6) is -1.50. The summed E-state index contributed by atoms with van der Waals surface area (Å²) in [4.78, 5) is 15.6. The van der Waals surface area contributed by atoms with Crippen LogP contribution in [0.25, 0.3) is 10.9 Å². The van der Waals surface area contributed by atoms with Crippen molar-refractivity contribution in [2.24, 2.45) is 0 Å². The number of anilines is 2. The number of nitrogens with one attached hydrogen (secondary N) is 1. The molecule has 110 valence electrons. The molecule has 0 spiro atoms. The van der Waals surface area contributed by atoms with Gasteiger partial charge in [-0.05, 0) is 31.2 Å². The molecule has 2 aromatic carbocycles. The Bertz CT molecular complexity index is 878. The normalized spacial score (nSPS) is 10.7. The maximum absolute atomic E-state index is 13.8. The van der Waals surface area contributed by atoms with E-state index >= 15 is 0 Å². The molecule has 0 saturated carbocycles. The molecule has 22 heavy (non-hydrogen) atoms. The molecule has 0 amide bonds. The Kier molecular flexibility index (Phi) is 3.55. The molecule has 1 N–H and O–H groups in total. The number of hydrogen-bond donors (Lipinski definition) is 1. The van der Waals surface area contributed by atoms with Crippen molar-refractivity contribution in [1.82, 2.24) is 4.98 Å². The van der Waals surface area contributed by atoms with E-state index in [4.69, 9.17) is 0 Å². The van der Waals surface area contributed by atoms with Gasteiger partial charge in [0.2, 0.25) is 0 Å². The largest absolute Gasteiger partial charge is 0.354 e. The maximum Gasteiger partial charge on any atom is 0.161 e. The first kappa shape index (κ1) is 14.1. The average Bonchev–Trinajstić information content (AvgIpc) is 2.48. The third-order valence-corrected chi connectivity index (χ3v) is 3.34. The number of halogens is 2. The fourth-order valence-electron chi connectivity index (χ4n) is 2.33. The Balaban J connectivity index is 2.14. The molecule has 5 heteroatoms. The van der Waals surface area contributed by atoms with Crippen molar-refractivity contribution >= 4 is 28.1 Å². The van der Waals surface area contributed by atoms with Gasteiger partial charge in [-0.3, -0.25) is 9.78 Å². The molecule has 3 aromatic rings. The van der Waals surface area contributed by atoms with Gasteiger partial charge >= 0.3 is 0 Å². The van der Waals surface area contributed by atoms with Crippen molar-refractivity contribution in [1.29, 1.82) is 0 Å². The number of hydrogen-bond acceptors (Lipinski definition) is 3. The smallest absolute Gasteiger partial charge is 0.161 e. The van der Waals surface area contributed by atoms with Crippen LogP contribution in [0, 0.1) is 11.6 Å². The van der Waals surface area contributed by atoms with E-state index in [0.29, 0.717) is 22.3 Å². The van der Waals surface area contributed by atoms with Crippen molar-refractivity contribution in [3.63, 3.8) is 0 Å². The first-order valence-electron chi connectivity index (χ1n) is 6.67. The van der Waals surface area contributed by atoms with Crippen LogP contribution in [0.4, 0.5) is 20.2 Å². The fraction of sp³-hybridized carbons (Fsp3) is 0.0588. The molecule has 0 saturated heterocycles. The van der Waals surface area contributed by atoms with Crippen LogP contribution in [0.3, 0.4) is 0 Å². The monoisotopic (exact) mass is 298 g/mol. The Hall–Kier alpha value is -2.82. The van der Waals surface area contributed by atoms with Crippen molar-refractivity contribution in [2.45, 2.75) is 6.92 Å². The number of carbonyl (C=O) groups excluding carboxylic acids is 1. The van der Waals surface area contributed by atoms with Crippen molar-refractivity contribution in [2.75, 3.05) is 5.32 Å². The van der Waals surface area contributed by atoms with E-state index in [1.807, 2.05) is 0 Å². The molecule has 1 aromatic heterocycles. The standard InChI is InChI=1S/C17H12F2N2O/c1-10(22)12-4-2-3-5-15(12)21-16-6-7-20-17-13(16)8-11(18)9-14(17)19/h2-9H,1H3,(H,20,21). The molecule has 0 bridgehead atoms. The highest BCUT2D eigenvalue weighted by atomic mass is 19.1. The highest BCUT2D eigenvalue weighted by molar-refractivity contribution is 6.02. The van der Waals surface area contributed by atoms with Crippen LogP contribution < -0.4 is 5.32 Å². The molecule has 0 aliphatic carbocycles. The summed E-state index contributed by atoms with van der Waals surface area (Å²) in [6.07, 6.45) is 1.43. The van der Waals surface area contributed by atoms with Gasteiger partial charge in [0.15, 0.2) is 11.6 Å². The lowest BCUT2D eigenvalue weighted by Gasteiger charge is -2.12. The van der Waals surface area contributed by atoms with Crippen molar-refractivity contribution in [3.05, 3.63) is 65.9 Å². The van der Waals surface area contributed by atoms with E-state index in [1.54, 1.807) is 30.3 Å². The molecule has 0 radical (unpaired) electrons. The zero-order valence-electron chi connectivity index (χ0n) is 11.7. The second-order valence-electron chi connectivity index (χ2n) is 4.87. The highest BCUT2D eigenvalue weighted by Crippen LogP contribution is 2.29. The summed E-state index contributed by atoms with van der Waals surface area (Å²) in [6, 6.07) is 10.6. The topological polar surface area (TPSA) is 42.0 Å². The minimum absolute atomic E-state index is 0.0757. The summed E-state index contributed by atoms with van der Waals surface area (Å²) in [5, 5.41) is 3.38. The van der Waals surface area contributed by atoms with E-state index < -0.39 is 11.6 Å². The SMILES string of the molecule is CC(=O)c1ccccc1Nc1ccnc2c(F)cc(F)cc12. The second-order valence-corrected chi connectivity index (χ2v) is 4.87. The van der Waals surface area contributed by atoms with Gasteiger partial charge in [-0.2, -0.15) is 0 Å². The lowest BCUT2D eigenvalue weighted by atomic mass is 10.1. The third kappa shape index (κ3) is 2.53. The van der Waals surface area contributed by atoms with Gasteiger partial charge < -0.3 is 5.32 Å². The van der Waals surface area contributed by atoms with Crippen LogP contribution in [0.2, 0.25) is 0 Å². The highest BCUT2D eigenvalue weighted by Gasteiger charge is 2.11. The first-order chi connectivity index (χ1) is 10.6. The van der Waals surface area contributed by atoms with Crippen LogP contribution >= 0.6 is 0 Å². The number of nitrogens with zero attached hydrogens (tertiary/aromatic N) is 1. The third-order valence-electron chi connectivity index (χ3n) is 3.34. The van der Waals surface area contributed by atoms with E-state index in [-0.39, 0.29) is 11.3 Å². The minimum Gasteiger partial charge on any atom is -0.354 e. The van der Waals surface area contributed by atoms with Crippen LogP contribution in [0.1, 0.15) is 17.3 Å². The van der Waals surface area contributed by atoms with E-state index in [1.165, 1.54) is 19.2 Å². The molecule has 3 rings (SSSR count). The Morgan fingerprint density at radius 2 is 1.86 bits per heavy atom. The molecule has 1 heterocycles. The Morgan fingerprint density at radius 3 is 2.64 bits per heavy atom. The summed E-state index contributed by atoms with van der Waals surface area (Å²) in [6.45, 7) is 1.46. The number of carbonyl (C=O) groups is 1. The molecule has 3 nitrogen and oxygen atoms in total. The van der Waals surface area contributed by atoms with Crippen molar-refractivity contribution in [3.8, 4) is 0 Å².